The van der Waals surface area contributed by atoms with E-state index in [0.29, 0.717) is 33.6 Å². The molecule has 2 rings (SSSR count). The molecule has 2 aromatic rings. The van der Waals surface area contributed by atoms with E-state index in [0.717, 1.165) is 4.47 Å². The summed E-state index contributed by atoms with van der Waals surface area (Å²) in [5.74, 6) is -0.104. The number of carbonyl (C=O) groups excluding carboxylic acids is 1. The van der Waals surface area contributed by atoms with Crippen LogP contribution < -0.4 is 15.5 Å². The predicted molar refractivity (Wildman–Crippen MR) is 108 cm³/mol. The Kier molecular flexibility index (Phi) is 7.36. The molecule has 2 aromatic carbocycles. The summed E-state index contributed by atoms with van der Waals surface area (Å²) in [7, 11) is 0. The van der Waals surface area contributed by atoms with Crippen LogP contribution in [0.4, 0.5) is 0 Å². The molecule has 0 heterocycles. The molecule has 0 saturated heterocycles. The summed E-state index contributed by atoms with van der Waals surface area (Å²) >= 11 is 14.2. The van der Waals surface area contributed by atoms with Crippen molar-refractivity contribution in [1.82, 2.24) is 10.7 Å². The third-order valence-electron chi connectivity index (χ3n) is 2.96. The van der Waals surface area contributed by atoms with E-state index < -0.39 is 5.97 Å². The molecule has 130 valence electrons. The summed E-state index contributed by atoms with van der Waals surface area (Å²) in [6, 6.07) is 11.7. The summed E-state index contributed by atoms with van der Waals surface area (Å²) in [6.45, 7) is 2.63. The summed E-state index contributed by atoms with van der Waals surface area (Å²) in [5, 5.41) is 7.92. The van der Waals surface area contributed by atoms with Gasteiger partial charge in [0.05, 0.1) is 11.8 Å². The number of rotatable bonds is 5. The van der Waals surface area contributed by atoms with Gasteiger partial charge in [-0.2, -0.15) is 5.10 Å². The maximum absolute atomic E-state index is 12.3. The molecule has 0 aliphatic heterocycles. The highest BCUT2D eigenvalue weighted by molar-refractivity contribution is 9.10. The molecule has 0 aromatic heterocycles. The fourth-order valence-corrected chi connectivity index (χ4v) is 2.52. The average Bonchev–Trinajstić information content (AvgIpc) is 2.58. The number of hydrazone groups is 1. The second-order valence-corrected chi connectivity index (χ2v) is 6.57. The van der Waals surface area contributed by atoms with Crippen molar-refractivity contribution in [3.63, 3.8) is 0 Å². The largest absolute Gasteiger partial charge is 0.422 e. The quantitative estimate of drug-likeness (QED) is 0.240. The first-order valence-corrected chi connectivity index (χ1v) is 8.91. The van der Waals surface area contributed by atoms with Gasteiger partial charge in [-0.1, -0.05) is 27.5 Å². The van der Waals surface area contributed by atoms with E-state index in [4.69, 9.17) is 28.6 Å². The van der Waals surface area contributed by atoms with E-state index in [2.05, 4.69) is 31.8 Å². The number of thiocarbonyl (C=S) groups is 1. The van der Waals surface area contributed by atoms with Crippen molar-refractivity contribution in [1.29, 1.82) is 0 Å². The topological polar surface area (TPSA) is 62.7 Å². The zero-order valence-electron chi connectivity index (χ0n) is 13.3. The first kappa shape index (κ1) is 19.4. The lowest BCUT2D eigenvalue weighted by Crippen LogP contribution is -2.31. The molecule has 0 aliphatic carbocycles. The molecule has 0 unspecified atom stereocenters. The summed E-state index contributed by atoms with van der Waals surface area (Å²) < 4.78 is 6.29. The zero-order chi connectivity index (χ0) is 18.2. The van der Waals surface area contributed by atoms with Crippen molar-refractivity contribution in [3.05, 3.63) is 63.1 Å². The highest BCUT2D eigenvalue weighted by atomic mass is 79.9. The van der Waals surface area contributed by atoms with E-state index in [9.17, 15) is 4.79 Å². The second-order valence-electron chi connectivity index (χ2n) is 4.81. The highest BCUT2D eigenvalue weighted by Crippen LogP contribution is 2.23. The van der Waals surface area contributed by atoms with E-state index >= 15 is 0 Å². The minimum Gasteiger partial charge on any atom is -0.422 e. The molecule has 0 amide bonds. The van der Waals surface area contributed by atoms with Gasteiger partial charge < -0.3 is 10.1 Å². The van der Waals surface area contributed by atoms with Crippen LogP contribution in [0.25, 0.3) is 0 Å². The molecule has 8 heteroatoms. The van der Waals surface area contributed by atoms with Gasteiger partial charge in [0.1, 0.15) is 5.75 Å². The van der Waals surface area contributed by atoms with Crippen molar-refractivity contribution >= 4 is 57.0 Å². The van der Waals surface area contributed by atoms with E-state index in [1.165, 1.54) is 6.21 Å². The van der Waals surface area contributed by atoms with Gasteiger partial charge in [-0.3, -0.25) is 5.43 Å². The first-order valence-electron chi connectivity index (χ1n) is 7.34. The van der Waals surface area contributed by atoms with Crippen LogP contribution >= 0.6 is 39.7 Å². The number of carbonyl (C=O) groups is 1. The lowest BCUT2D eigenvalue weighted by molar-refractivity contribution is 0.0734. The number of esters is 1. The Balaban J connectivity index is 2.14. The van der Waals surface area contributed by atoms with Crippen molar-refractivity contribution in [2.24, 2.45) is 5.10 Å². The number of nitrogens with one attached hydrogen (secondary N) is 2. The summed E-state index contributed by atoms with van der Waals surface area (Å²) in [6.07, 6.45) is 1.53. The van der Waals surface area contributed by atoms with Gasteiger partial charge >= 0.3 is 5.97 Å². The minimum absolute atomic E-state index is 0.378. The third-order valence-corrected chi connectivity index (χ3v) is 3.94. The van der Waals surface area contributed by atoms with Crippen LogP contribution in [0.15, 0.2) is 52.0 Å². The summed E-state index contributed by atoms with van der Waals surface area (Å²) in [4.78, 5) is 12.3. The maximum Gasteiger partial charge on any atom is 0.343 e. The molecule has 0 aliphatic rings. The fourth-order valence-electron chi connectivity index (χ4n) is 1.82. The Labute approximate surface area is 164 Å². The maximum atomic E-state index is 12.3. The second kappa shape index (κ2) is 9.50. The Morgan fingerprint density at radius 1 is 1.32 bits per heavy atom. The SMILES string of the molecule is CCNC(=S)NN=Cc1cc(Br)ccc1OC(=O)c1ccc(Cl)cc1. The van der Waals surface area contributed by atoms with Crippen LogP contribution in [0, 0.1) is 0 Å². The Bertz CT molecular complexity index is 797. The number of benzene rings is 2. The molecule has 0 spiro atoms. The monoisotopic (exact) mass is 439 g/mol. The zero-order valence-corrected chi connectivity index (χ0v) is 16.4. The molecule has 0 saturated carbocycles. The smallest absolute Gasteiger partial charge is 0.343 e. The molecule has 0 fully saturated rings. The lowest BCUT2D eigenvalue weighted by Gasteiger charge is -2.08. The lowest BCUT2D eigenvalue weighted by atomic mass is 10.2. The number of hydrogen-bond donors (Lipinski definition) is 2. The van der Waals surface area contributed by atoms with Gasteiger partial charge in [0.15, 0.2) is 5.11 Å². The van der Waals surface area contributed by atoms with Crippen LogP contribution in [-0.4, -0.2) is 23.8 Å². The number of ether oxygens (including phenoxy) is 1. The Morgan fingerprint density at radius 2 is 2.04 bits per heavy atom. The molecule has 25 heavy (non-hydrogen) atoms. The average molecular weight is 441 g/mol. The van der Waals surface area contributed by atoms with Gasteiger partial charge in [0.25, 0.3) is 0 Å². The minimum atomic E-state index is -0.482. The number of nitrogens with zero attached hydrogens (tertiary/aromatic N) is 1. The molecule has 0 radical (unpaired) electrons. The number of halogens is 2. The van der Waals surface area contributed by atoms with Crippen LogP contribution in [0.5, 0.6) is 5.75 Å². The highest BCUT2D eigenvalue weighted by Gasteiger charge is 2.11. The van der Waals surface area contributed by atoms with E-state index in [1.54, 1.807) is 42.5 Å². The molecule has 5 nitrogen and oxygen atoms in total. The Hall–Kier alpha value is -1.96. The van der Waals surface area contributed by atoms with Crippen molar-refractivity contribution in [2.45, 2.75) is 6.92 Å². The van der Waals surface area contributed by atoms with Gasteiger partial charge in [-0.25, -0.2) is 4.79 Å². The van der Waals surface area contributed by atoms with Crippen LogP contribution in [0.2, 0.25) is 5.02 Å². The molecular formula is C17H15BrClN3O2S. The Morgan fingerprint density at radius 3 is 2.72 bits per heavy atom. The predicted octanol–water partition coefficient (Wildman–Crippen LogP) is 4.14. The molecule has 0 atom stereocenters. The van der Waals surface area contributed by atoms with E-state index in [-0.39, 0.29) is 0 Å². The standard InChI is InChI=1S/C17H15BrClN3O2S/c1-2-20-17(25)22-21-10-12-9-13(18)5-8-15(12)24-16(23)11-3-6-14(19)7-4-11/h3-10H,2H2,1H3,(H2,20,22,25). The van der Waals surface area contributed by atoms with Crippen LogP contribution in [0.1, 0.15) is 22.8 Å². The normalized spacial score (nSPS) is 10.5. The van der Waals surface area contributed by atoms with Gasteiger partial charge in [-0.05, 0) is 61.6 Å². The van der Waals surface area contributed by atoms with Crippen LogP contribution in [-0.2, 0) is 0 Å². The van der Waals surface area contributed by atoms with Gasteiger partial charge in [0, 0.05) is 21.6 Å². The van der Waals surface area contributed by atoms with Gasteiger partial charge in [0.2, 0.25) is 0 Å². The van der Waals surface area contributed by atoms with Crippen molar-refractivity contribution in [3.8, 4) is 5.75 Å². The molecule has 2 N–H and O–H groups in total. The third kappa shape index (κ3) is 6.12. The fraction of sp³-hybridized carbons (Fsp3) is 0.118. The number of hydrogen-bond acceptors (Lipinski definition) is 4. The summed E-state index contributed by atoms with van der Waals surface area (Å²) in [5.41, 5.74) is 3.71. The van der Waals surface area contributed by atoms with E-state index in [1.807, 2.05) is 6.92 Å². The van der Waals surface area contributed by atoms with Crippen molar-refractivity contribution < 1.29 is 9.53 Å². The molecule has 0 bridgehead atoms. The molecular weight excluding hydrogens is 426 g/mol. The van der Waals surface area contributed by atoms with Gasteiger partial charge in [-0.15, -0.1) is 0 Å². The van der Waals surface area contributed by atoms with Crippen molar-refractivity contribution in [2.75, 3.05) is 6.54 Å². The first-order chi connectivity index (χ1) is 12.0. The van der Waals surface area contributed by atoms with Crippen LogP contribution in [0.3, 0.4) is 0 Å².